The molecule has 0 aromatic heterocycles. The molecular formula is C16H16F3NO4S. The highest BCUT2D eigenvalue weighted by Gasteiger charge is 2.65. The van der Waals surface area contributed by atoms with Gasteiger partial charge in [-0.2, -0.15) is 13.2 Å². The van der Waals surface area contributed by atoms with Crippen molar-refractivity contribution in [2.45, 2.75) is 29.9 Å². The van der Waals surface area contributed by atoms with Gasteiger partial charge in [0.2, 0.25) is 5.91 Å². The van der Waals surface area contributed by atoms with Crippen LogP contribution in [0.5, 0.6) is 0 Å². The molecule has 1 spiro atoms. The molecule has 0 unspecified atom stereocenters. The van der Waals surface area contributed by atoms with E-state index in [9.17, 15) is 27.9 Å². The van der Waals surface area contributed by atoms with E-state index in [1.165, 1.54) is 18.0 Å². The van der Waals surface area contributed by atoms with E-state index >= 15 is 0 Å². The Kier molecular flexibility index (Phi) is 4.27. The van der Waals surface area contributed by atoms with Crippen molar-refractivity contribution in [3.63, 3.8) is 0 Å². The van der Waals surface area contributed by atoms with Crippen molar-refractivity contribution < 1.29 is 32.6 Å². The van der Waals surface area contributed by atoms with E-state index in [-0.39, 0.29) is 23.6 Å². The van der Waals surface area contributed by atoms with Gasteiger partial charge < -0.3 is 14.7 Å². The van der Waals surface area contributed by atoms with Gasteiger partial charge in [0, 0.05) is 18.5 Å². The van der Waals surface area contributed by atoms with Gasteiger partial charge in [-0.15, -0.1) is 11.8 Å². The summed E-state index contributed by atoms with van der Waals surface area (Å²) in [4.78, 5) is 26.5. The van der Waals surface area contributed by atoms with Gasteiger partial charge in [0.1, 0.15) is 10.7 Å². The molecule has 5 nitrogen and oxygen atoms in total. The van der Waals surface area contributed by atoms with Gasteiger partial charge in [-0.05, 0) is 30.7 Å². The predicted octanol–water partition coefficient (Wildman–Crippen LogP) is 1.96. The number of nitrogens with zero attached hydrogens (tertiary/aromatic N) is 1. The molecule has 2 aliphatic rings. The van der Waals surface area contributed by atoms with Gasteiger partial charge >= 0.3 is 12.1 Å². The fourth-order valence-corrected chi connectivity index (χ4v) is 5.00. The smallest absolute Gasteiger partial charge is 0.416 e. The van der Waals surface area contributed by atoms with E-state index in [0.29, 0.717) is 0 Å². The first-order valence-corrected chi connectivity index (χ1v) is 8.66. The molecule has 1 amide bonds. The highest BCUT2D eigenvalue weighted by atomic mass is 32.2. The number of carbonyl (C=O) groups is 2. The number of halogens is 3. The molecule has 0 bridgehead atoms. The van der Waals surface area contributed by atoms with Crippen LogP contribution in [0.3, 0.4) is 0 Å². The van der Waals surface area contributed by atoms with Crippen LogP contribution in [0.1, 0.15) is 18.1 Å². The number of hydrogen-bond acceptors (Lipinski definition) is 5. The van der Waals surface area contributed by atoms with Crippen molar-refractivity contribution in [2.75, 3.05) is 24.3 Å². The van der Waals surface area contributed by atoms with Gasteiger partial charge in [-0.25, -0.2) is 0 Å². The Hall–Kier alpha value is -1.74. The second-order valence-electron chi connectivity index (χ2n) is 5.94. The Morgan fingerprint density at radius 3 is 2.76 bits per heavy atom. The van der Waals surface area contributed by atoms with E-state index in [2.05, 4.69) is 0 Å². The van der Waals surface area contributed by atoms with Gasteiger partial charge in [-0.1, -0.05) is 0 Å². The molecule has 136 valence electrons. The third-order valence-electron chi connectivity index (χ3n) is 4.65. The normalized spacial score (nSPS) is 28.6. The van der Waals surface area contributed by atoms with Gasteiger partial charge in [0.05, 0.1) is 18.3 Å². The summed E-state index contributed by atoms with van der Waals surface area (Å²) in [5.74, 6) is -1.26. The number of fused-ring (bicyclic) bond motifs is 2. The average Bonchev–Trinajstić information content (AvgIpc) is 3.00. The van der Waals surface area contributed by atoms with Crippen LogP contribution in [0.15, 0.2) is 18.2 Å². The summed E-state index contributed by atoms with van der Waals surface area (Å²) < 4.78 is 44.4. The quantitative estimate of drug-likeness (QED) is 0.801. The number of benzene rings is 1. The van der Waals surface area contributed by atoms with Gasteiger partial charge in [-0.3, -0.25) is 9.59 Å². The van der Waals surface area contributed by atoms with Crippen molar-refractivity contribution in [1.29, 1.82) is 0 Å². The Labute approximate surface area is 146 Å². The third-order valence-corrected chi connectivity index (χ3v) is 6.06. The Morgan fingerprint density at radius 2 is 2.16 bits per heavy atom. The fraction of sp³-hybridized carbons (Fsp3) is 0.500. The number of carbonyl (C=O) groups excluding carboxylic acids is 2. The maximum atomic E-state index is 13.1. The second kappa shape index (κ2) is 5.91. The van der Waals surface area contributed by atoms with Crippen LogP contribution in [0.25, 0.3) is 0 Å². The van der Waals surface area contributed by atoms with E-state index in [1.807, 2.05) is 0 Å². The average molecular weight is 375 g/mol. The Balaban J connectivity index is 2.22. The first-order chi connectivity index (χ1) is 11.7. The topological polar surface area (TPSA) is 66.8 Å². The minimum atomic E-state index is -4.60. The Bertz CT molecular complexity index is 739. The maximum Gasteiger partial charge on any atom is 0.416 e. The highest BCUT2D eigenvalue weighted by molar-refractivity contribution is 8.01. The third kappa shape index (κ3) is 2.43. The summed E-state index contributed by atoms with van der Waals surface area (Å²) in [6.07, 6.45) is -5.89. The number of esters is 1. The summed E-state index contributed by atoms with van der Waals surface area (Å²) in [5.41, 5.74) is -2.41. The first-order valence-electron chi connectivity index (χ1n) is 7.61. The molecule has 3 atom stereocenters. The summed E-state index contributed by atoms with van der Waals surface area (Å²) in [5, 5.41) is 9.44. The van der Waals surface area contributed by atoms with Crippen LogP contribution < -0.4 is 4.90 Å². The maximum absolute atomic E-state index is 13.1. The molecule has 0 saturated carbocycles. The molecule has 1 aromatic carbocycles. The van der Waals surface area contributed by atoms with E-state index < -0.39 is 40.4 Å². The van der Waals surface area contributed by atoms with Gasteiger partial charge in [0.15, 0.2) is 0 Å². The van der Waals surface area contributed by atoms with E-state index in [1.54, 1.807) is 6.92 Å². The molecular weight excluding hydrogens is 359 g/mol. The van der Waals surface area contributed by atoms with Crippen molar-refractivity contribution in [3.05, 3.63) is 29.3 Å². The molecule has 0 radical (unpaired) electrons. The van der Waals surface area contributed by atoms with Crippen LogP contribution in [0, 0.1) is 0 Å². The molecule has 25 heavy (non-hydrogen) atoms. The van der Waals surface area contributed by atoms with Crippen molar-refractivity contribution in [2.24, 2.45) is 0 Å². The minimum Gasteiger partial charge on any atom is -0.465 e. The van der Waals surface area contributed by atoms with E-state index in [4.69, 9.17) is 4.74 Å². The summed E-state index contributed by atoms with van der Waals surface area (Å²) in [7, 11) is 1.42. The molecule has 2 heterocycles. The number of rotatable bonds is 2. The SMILES string of the molecule is CCOC(=O)[C@H]1SC[C@H](O)[C@]12C(=O)N(C)c1ccc(C(F)(F)F)cc12. The van der Waals surface area contributed by atoms with Crippen LogP contribution >= 0.6 is 11.8 Å². The Morgan fingerprint density at radius 1 is 1.48 bits per heavy atom. The number of alkyl halides is 3. The molecule has 0 aliphatic carbocycles. The van der Waals surface area contributed by atoms with Gasteiger partial charge in [0.25, 0.3) is 0 Å². The van der Waals surface area contributed by atoms with Crippen LogP contribution in [0.2, 0.25) is 0 Å². The zero-order valence-electron chi connectivity index (χ0n) is 13.5. The zero-order chi connectivity index (χ0) is 18.6. The number of anilines is 1. The second-order valence-corrected chi connectivity index (χ2v) is 7.08. The number of aliphatic hydroxyl groups is 1. The first kappa shape index (κ1) is 18.1. The lowest BCUT2D eigenvalue weighted by molar-refractivity contribution is -0.147. The van der Waals surface area contributed by atoms with Crippen molar-refractivity contribution in [1.82, 2.24) is 0 Å². The van der Waals surface area contributed by atoms with Crippen LogP contribution in [-0.2, 0) is 25.9 Å². The lowest BCUT2D eigenvalue weighted by Crippen LogP contribution is -2.53. The van der Waals surface area contributed by atoms with Crippen molar-refractivity contribution in [3.8, 4) is 0 Å². The molecule has 1 N–H and O–H groups in total. The largest absolute Gasteiger partial charge is 0.465 e. The zero-order valence-corrected chi connectivity index (χ0v) is 14.3. The number of thioether (sulfide) groups is 1. The lowest BCUT2D eigenvalue weighted by atomic mass is 9.74. The van der Waals surface area contributed by atoms with Crippen LogP contribution in [-0.4, -0.2) is 47.7 Å². The monoisotopic (exact) mass is 375 g/mol. The highest BCUT2D eigenvalue weighted by Crippen LogP contribution is 2.54. The lowest BCUT2D eigenvalue weighted by Gasteiger charge is -2.31. The number of likely N-dealkylation sites (N-methyl/N-ethyl adjacent to an activating group) is 1. The molecule has 1 saturated heterocycles. The number of hydrogen-bond donors (Lipinski definition) is 1. The number of ether oxygens (including phenoxy) is 1. The fourth-order valence-electron chi connectivity index (χ4n) is 3.51. The molecule has 1 aromatic rings. The number of aliphatic hydroxyl groups excluding tert-OH is 1. The summed E-state index contributed by atoms with van der Waals surface area (Å²) in [6, 6.07) is 2.94. The predicted molar refractivity (Wildman–Crippen MR) is 85.4 cm³/mol. The molecule has 9 heteroatoms. The number of amides is 1. The summed E-state index contributed by atoms with van der Waals surface area (Å²) >= 11 is 1.02. The van der Waals surface area contributed by atoms with E-state index in [0.717, 1.165) is 23.9 Å². The van der Waals surface area contributed by atoms with Crippen LogP contribution in [0.4, 0.5) is 18.9 Å². The standard InChI is InChI=1S/C16H16F3NO4S/c1-3-24-13(22)12-15(11(21)7-25-12)9-6-8(16(17,18)19)4-5-10(9)20(2)14(15)23/h4-6,11-12,21H,3,7H2,1-2H3/t11-,12+,15-/m0/s1. The summed E-state index contributed by atoms with van der Waals surface area (Å²) in [6.45, 7) is 1.67. The molecule has 3 rings (SSSR count). The minimum absolute atomic E-state index is 0.0189. The molecule has 1 fully saturated rings. The van der Waals surface area contributed by atoms with Crippen molar-refractivity contribution >= 4 is 29.3 Å². The molecule has 2 aliphatic heterocycles.